The Bertz CT molecular complexity index is 863. The van der Waals surface area contributed by atoms with Crippen LogP contribution in [-0.4, -0.2) is 61.4 Å². The zero-order valence-electron chi connectivity index (χ0n) is 18.1. The van der Waals surface area contributed by atoms with Crippen LogP contribution in [0.25, 0.3) is 0 Å². The van der Waals surface area contributed by atoms with Crippen molar-refractivity contribution in [2.24, 2.45) is 0 Å². The van der Waals surface area contributed by atoms with Gasteiger partial charge < -0.3 is 15.0 Å². The number of ketones is 1. The van der Waals surface area contributed by atoms with Gasteiger partial charge in [-0.3, -0.25) is 9.69 Å². The van der Waals surface area contributed by atoms with E-state index in [2.05, 4.69) is 10.2 Å². The van der Waals surface area contributed by atoms with Gasteiger partial charge in [0, 0.05) is 45.4 Å². The topological polar surface area (TPSA) is 61.9 Å². The second kappa shape index (κ2) is 11.0. The summed E-state index contributed by atoms with van der Waals surface area (Å²) in [7, 11) is 3.49. The molecule has 0 radical (unpaired) electrons. The second-order valence-corrected chi connectivity index (χ2v) is 7.96. The van der Waals surface area contributed by atoms with Crippen LogP contribution in [0.5, 0.6) is 0 Å². The monoisotopic (exact) mass is 427 g/mol. The smallest absolute Gasteiger partial charge is 0.317 e. The maximum absolute atomic E-state index is 13.0. The van der Waals surface area contributed by atoms with E-state index in [-0.39, 0.29) is 23.7 Å². The molecule has 2 aromatic rings. The minimum Gasteiger partial charge on any atom is -0.380 e. The van der Waals surface area contributed by atoms with E-state index in [0.29, 0.717) is 25.3 Å². The lowest BCUT2D eigenvalue weighted by atomic mass is 10.0. The molecule has 0 saturated carbocycles. The maximum atomic E-state index is 13.0. The number of hydrogen-bond donors (Lipinski definition) is 1. The second-order valence-electron chi connectivity index (χ2n) is 7.96. The summed E-state index contributed by atoms with van der Waals surface area (Å²) in [5.41, 5.74) is 2.66. The quantitative estimate of drug-likeness (QED) is 0.656. The van der Waals surface area contributed by atoms with Crippen LogP contribution in [0.4, 0.5) is 9.18 Å². The van der Waals surface area contributed by atoms with Crippen LogP contribution in [0, 0.1) is 5.82 Å². The third kappa shape index (κ3) is 6.60. The highest BCUT2D eigenvalue weighted by Crippen LogP contribution is 2.16. The Labute approximate surface area is 183 Å². The molecule has 1 aliphatic rings. The molecule has 0 unspecified atom stereocenters. The van der Waals surface area contributed by atoms with E-state index in [1.807, 2.05) is 31.3 Å². The lowest BCUT2D eigenvalue weighted by Gasteiger charge is -2.36. The van der Waals surface area contributed by atoms with E-state index in [1.54, 1.807) is 12.0 Å². The third-order valence-corrected chi connectivity index (χ3v) is 5.74. The van der Waals surface area contributed by atoms with Crippen molar-refractivity contribution < 1.29 is 18.7 Å². The standard InChI is InChI=1S/C24H30FN3O3/c1-27(24(30)26-15-18-3-5-19(6-4-18)17-31-2)22-11-13-28(14-12-22)16-23(29)20-7-9-21(25)10-8-20/h3-10,22H,11-17H2,1-2H3,(H,26,30). The fourth-order valence-electron chi connectivity index (χ4n) is 3.78. The zero-order chi connectivity index (χ0) is 22.2. The molecule has 31 heavy (non-hydrogen) atoms. The average Bonchev–Trinajstić information content (AvgIpc) is 2.79. The molecule has 3 rings (SSSR count). The number of nitrogens with zero attached hydrogens (tertiary/aromatic N) is 2. The van der Waals surface area contributed by atoms with Gasteiger partial charge in [0.15, 0.2) is 5.78 Å². The number of rotatable bonds is 8. The normalized spacial score (nSPS) is 14.9. The molecule has 0 aromatic heterocycles. The molecular weight excluding hydrogens is 397 g/mol. The molecule has 166 valence electrons. The number of methoxy groups -OCH3 is 1. The van der Waals surface area contributed by atoms with E-state index in [1.165, 1.54) is 24.3 Å². The average molecular weight is 428 g/mol. The number of piperidine rings is 1. The van der Waals surface area contributed by atoms with E-state index in [9.17, 15) is 14.0 Å². The lowest BCUT2D eigenvalue weighted by Crippen LogP contribution is -2.49. The molecule has 2 amide bonds. The molecule has 1 saturated heterocycles. The Morgan fingerprint density at radius 3 is 2.29 bits per heavy atom. The molecule has 0 spiro atoms. The Hall–Kier alpha value is -2.77. The zero-order valence-corrected chi connectivity index (χ0v) is 18.1. The number of carbonyl (C=O) groups is 2. The predicted octanol–water partition coefficient (Wildman–Crippen LogP) is 3.46. The molecule has 7 heteroatoms. The van der Waals surface area contributed by atoms with Crippen molar-refractivity contribution in [3.8, 4) is 0 Å². The summed E-state index contributed by atoms with van der Waals surface area (Å²) in [6.45, 7) is 2.85. The van der Waals surface area contributed by atoms with Gasteiger partial charge in [0.2, 0.25) is 0 Å². The molecule has 0 bridgehead atoms. The molecular formula is C24H30FN3O3. The summed E-state index contributed by atoms with van der Waals surface area (Å²) >= 11 is 0. The molecule has 1 fully saturated rings. The molecule has 1 aliphatic heterocycles. The first-order valence-electron chi connectivity index (χ1n) is 10.5. The Morgan fingerprint density at radius 2 is 1.68 bits per heavy atom. The van der Waals surface area contributed by atoms with E-state index < -0.39 is 0 Å². The van der Waals surface area contributed by atoms with Crippen molar-refractivity contribution in [1.29, 1.82) is 0 Å². The highest BCUT2D eigenvalue weighted by atomic mass is 19.1. The first-order chi connectivity index (χ1) is 15.0. The van der Waals surface area contributed by atoms with Gasteiger partial charge >= 0.3 is 6.03 Å². The van der Waals surface area contributed by atoms with Gasteiger partial charge in [-0.1, -0.05) is 24.3 Å². The van der Waals surface area contributed by atoms with Crippen LogP contribution in [0.15, 0.2) is 48.5 Å². The number of Topliss-reactive ketones (excluding diaryl/α,β-unsaturated/α-hetero) is 1. The van der Waals surface area contributed by atoms with Crippen LogP contribution < -0.4 is 5.32 Å². The third-order valence-electron chi connectivity index (χ3n) is 5.74. The SMILES string of the molecule is COCc1ccc(CNC(=O)N(C)C2CCN(CC(=O)c3ccc(F)cc3)CC2)cc1. The number of ether oxygens (including phenoxy) is 1. The van der Waals surface area contributed by atoms with Gasteiger partial charge in [-0.2, -0.15) is 0 Å². The van der Waals surface area contributed by atoms with Gasteiger partial charge in [0.1, 0.15) is 5.82 Å². The van der Waals surface area contributed by atoms with Gasteiger partial charge in [0.25, 0.3) is 0 Å². The minimum absolute atomic E-state index is 0.0129. The predicted molar refractivity (Wildman–Crippen MR) is 117 cm³/mol. The lowest BCUT2D eigenvalue weighted by molar-refractivity contribution is 0.0871. The van der Waals surface area contributed by atoms with Crippen molar-refractivity contribution in [3.05, 3.63) is 71.0 Å². The van der Waals surface area contributed by atoms with Gasteiger partial charge in [-0.25, -0.2) is 9.18 Å². The number of carbonyl (C=O) groups excluding carboxylic acids is 2. The molecule has 0 atom stereocenters. The summed E-state index contributed by atoms with van der Waals surface area (Å²) in [5.74, 6) is -0.358. The number of halogens is 1. The number of nitrogens with one attached hydrogen (secondary N) is 1. The summed E-state index contributed by atoms with van der Waals surface area (Å²) in [6, 6.07) is 13.7. The Kier molecular flexibility index (Phi) is 8.14. The number of likely N-dealkylation sites (tertiary alicyclic amines) is 1. The van der Waals surface area contributed by atoms with Gasteiger partial charge in [-0.15, -0.1) is 0 Å². The Morgan fingerprint density at radius 1 is 1.06 bits per heavy atom. The first kappa shape index (κ1) is 22.9. The fourth-order valence-corrected chi connectivity index (χ4v) is 3.78. The van der Waals surface area contributed by atoms with Crippen molar-refractivity contribution in [3.63, 3.8) is 0 Å². The van der Waals surface area contributed by atoms with Crippen LogP contribution in [0.1, 0.15) is 34.3 Å². The molecule has 0 aliphatic carbocycles. The van der Waals surface area contributed by atoms with Crippen molar-refractivity contribution in [1.82, 2.24) is 15.1 Å². The summed E-state index contributed by atoms with van der Waals surface area (Å²) in [4.78, 5) is 28.8. The summed E-state index contributed by atoms with van der Waals surface area (Å²) < 4.78 is 18.1. The first-order valence-corrected chi connectivity index (χ1v) is 10.5. The van der Waals surface area contributed by atoms with Crippen LogP contribution in [0.3, 0.4) is 0 Å². The van der Waals surface area contributed by atoms with Gasteiger partial charge in [0.05, 0.1) is 13.2 Å². The van der Waals surface area contributed by atoms with Crippen molar-refractivity contribution in [2.75, 3.05) is 33.8 Å². The molecule has 1 heterocycles. The van der Waals surface area contributed by atoms with E-state index in [4.69, 9.17) is 4.74 Å². The number of amides is 2. The van der Waals surface area contributed by atoms with Crippen molar-refractivity contribution in [2.45, 2.75) is 32.0 Å². The summed E-state index contributed by atoms with van der Waals surface area (Å²) in [6.07, 6.45) is 1.62. The number of urea groups is 1. The highest BCUT2D eigenvalue weighted by molar-refractivity contribution is 5.97. The highest BCUT2D eigenvalue weighted by Gasteiger charge is 2.26. The molecule has 1 N–H and O–H groups in total. The number of benzene rings is 2. The molecule has 6 nitrogen and oxygen atoms in total. The fraction of sp³-hybridized carbons (Fsp3) is 0.417. The number of hydrogen-bond acceptors (Lipinski definition) is 4. The molecule has 2 aromatic carbocycles. The summed E-state index contributed by atoms with van der Waals surface area (Å²) in [5, 5.41) is 2.97. The van der Waals surface area contributed by atoms with Crippen LogP contribution >= 0.6 is 0 Å². The van der Waals surface area contributed by atoms with Gasteiger partial charge in [-0.05, 0) is 48.2 Å². The van der Waals surface area contributed by atoms with E-state index >= 15 is 0 Å². The van der Waals surface area contributed by atoms with Crippen molar-refractivity contribution >= 4 is 11.8 Å². The largest absolute Gasteiger partial charge is 0.380 e. The minimum atomic E-state index is -0.346. The Balaban J connectivity index is 1.41. The van der Waals surface area contributed by atoms with Crippen LogP contribution in [-0.2, 0) is 17.9 Å². The van der Waals surface area contributed by atoms with Crippen LogP contribution in [0.2, 0.25) is 0 Å². The maximum Gasteiger partial charge on any atom is 0.317 e. The van der Waals surface area contributed by atoms with E-state index in [0.717, 1.165) is 37.1 Å².